The second-order valence-electron chi connectivity index (χ2n) is 4.95. The van der Waals surface area contributed by atoms with Crippen molar-refractivity contribution in [3.05, 3.63) is 23.8 Å². The fourth-order valence-electron chi connectivity index (χ4n) is 2.51. The predicted octanol–water partition coefficient (Wildman–Crippen LogP) is 3.15. The minimum Gasteiger partial charge on any atom is -0.497 e. The lowest BCUT2D eigenvalue weighted by Crippen LogP contribution is -2.15. The smallest absolute Gasteiger partial charge is 0.125 e. The van der Waals surface area contributed by atoms with Gasteiger partial charge in [0.2, 0.25) is 0 Å². The van der Waals surface area contributed by atoms with Crippen molar-refractivity contribution in [1.29, 1.82) is 0 Å². The Morgan fingerprint density at radius 3 is 2.67 bits per heavy atom. The third-order valence-corrected chi connectivity index (χ3v) is 3.64. The van der Waals surface area contributed by atoms with Gasteiger partial charge < -0.3 is 14.6 Å². The molecule has 1 aliphatic rings. The average molecular weight is 250 g/mol. The maximum atomic E-state index is 9.34. The van der Waals surface area contributed by atoms with Crippen molar-refractivity contribution in [1.82, 2.24) is 0 Å². The van der Waals surface area contributed by atoms with E-state index in [4.69, 9.17) is 9.47 Å². The molecule has 1 aromatic rings. The van der Waals surface area contributed by atoms with Gasteiger partial charge in [0.25, 0.3) is 0 Å². The summed E-state index contributed by atoms with van der Waals surface area (Å²) in [6.07, 6.45) is 6.54. The van der Waals surface area contributed by atoms with Crippen molar-refractivity contribution in [2.24, 2.45) is 5.92 Å². The highest BCUT2D eigenvalue weighted by atomic mass is 16.5. The maximum Gasteiger partial charge on any atom is 0.125 e. The van der Waals surface area contributed by atoms with Crippen LogP contribution in [0.25, 0.3) is 0 Å². The molecule has 0 amide bonds. The van der Waals surface area contributed by atoms with Crippen molar-refractivity contribution in [3.63, 3.8) is 0 Å². The van der Waals surface area contributed by atoms with Crippen molar-refractivity contribution >= 4 is 0 Å². The molecule has 0 atom stereocenters. The Hall–Kier alpha value is -1.22. The van der Waals surface area contributed by atoms with Gasteiger partial charge in [0, 0.05) is 5.56 Å². The summed E-state index contributed by atoms with van der Waals surface area (Å²) in [6.45, 7) is 0.747. The summed E-state index contributed by atoms with van der Waals surface area (Å²) in [5.74, 6) is 2.21. The number of rotatable bonds is 5. The van der Waals surface area contributed by atoms with E-state index in [9.17, 15) is 5.11 Å². The Bertz CT molecular complexity index is 370. The van der Waals surface area contributed by atoms with E-state index in [0.717, 1.165) is 23.7 Å². The van der Waals surface area contributed by atoms with E-state index in [-0.39, 0.29) is 6.61 Å². The Morgan fingerprint density at radius 1 is 1.22 bits per heavy atom. The topological polar surface area (TPSA) is 38.7 Å². The Morgan fingerprint density at radius 2 is 2.00 bits per heavy atom. The Balaban J connectivity index is 1.95. The lowest BCUT2D eigenvalue weighted by Gasteiger charge is -2.22. The van der Waals surface area contributed by atoms with E-state index >= 15 is 0 Å². The number of hydrogen-bond acceptors (Lipinski definition) is 3. The molecule has 0 saturated heterocycles. The molecule has 1 aromatic carbocycles. The van der Waals surface area contributed by atoms with Crippen LogP contribution in [0.2, 0.25) is 0 Å². The molecule has 0 aliphatic heterocycles. The second kappa shape index (κ2) is 6.64. The van der Waals surface area contributed by atoms with E-state index in [1.54, 1.807) is 7.11 Å². The van der Waals surface area contributed by atoms with Crippen molar-refractivity contribution in [2.45, 2.75) is 38.7 Å². The first-order valence-corrected chi connectivity index (χ1v) is 6.74. The van der Waals surface area contributed by atoms with Gasteiger partial charge >= 0.3 is 0 Å². The van der Waals surface area contributed by atoms with Crippen LogP contribution in [0.5, 0.6) is 11.5 Å². The van der Waals surface area contributed by atoms with Crippen LogP contribution in [0.15, 0.2) is 18.2 Å². The summed E-state index contributed by atoms with van der Waals surface area (Å²) in [7, 11) is 1.62. The normalized spacial score (nSPS) is 16.6. The molecule has 0 aromatic heterocycles. The van der Waals surface area contributed by atoms with E-state index < -0.39 is 0 Å². The molecule has 0 spiro atoms. The van der Waals surface area contributed by atoms with Crippen LogP contribution in [0.4, 0.5) is 0 Å². The highest BCUT2D eigenvalue weighted by molar-refractivity contribution is 5.39. The van der Waals surface area contributed by atoms with E-state index in [1.165, 1.54) is 32.1 Å². The van der Waals surface area contributed by atoms with Gasteiger partial charge in [-0.05, 0) is 37.0 Å². The Labute approximate surface area is 109 Å². The van der Waals surface area contributed by atoms with E-state index in [1.807, 2.05) is 18.2 Å². The average Bonchev–Trinajstić information content (AvgIpc) is 2.46. The van der Waals surface area contributed by atoms with Crippen LogP contribution in [0.3, 0.4) is 0 Å². The van der Waals surface area contributed by atoms with Gasteiger partial charge in [0.15, 0.2) is 0 Å². The van der Waals surface area contributed by atoms with Crippen molar-refractivity contribution < 1.29 is 14.6 Å². The molecular formula is C15H22O3. The molecular weight excluding hydrogens is 228 g/mol. The summed E-state index contributed by atoms with van der Waals surface area (Å²) in [5, 5.41) is 9.34. The van der Waals surface area contributed by atoms with Crippen LogP contribution < -0.4 is 9.47 Å². The monoisotopic (exact) mass is 250 g/mol. The summed E-state index contributed by atoms with van der Waals surface area (Å²) in [5.41, 5.74) is 0.796. The van der Waals surface area contributed by atoms with Gasteiger partial charge in [-0.2, -0.15) is 0 Å². The second-order valence-corrected chi connectivity index (χ2v) is 4.95. The van der Waals surface area contributed by atoms with E-state index in [2.05, 4.69) is 0 Å². The first-order valence-electron chi connectivity index (χ1n) is 6.74. The first kappa shape index (κ1) is 13.2. The van der Waals surface area contributed by atoms with Gasteiger partial charge in [-0.15, -0.1) is 0 Å². The number of hydrogen-bond donors (Lipinski definition) is 1. The lowest BCUT2D eigenvalue weighted by molar-refractivity contribution is 0.201. The summed E-state index contributed by atoms with van der Waals surface area (Å²) >= 11 is 0. The number of benzene rings is 1. The highest BCUT2D eigenvalue weighted by Gasteiger charge is 2.15. The number of methoxy groups -OCH3 is 1. The zero-order chi connectivity index (χ0) is 12.8. The SMILES string of the molecule is COc1ccc(OCC2CCCCC2)c(CO)c1. The molecule has 3 nitrogen and oxygen atoms in total. The summed E-state index contributed by atoms with van der Waals surface area (Å²) in [4.78, 5) is 0. The van der Waals surface area contributed by atoms with Gasteiger partial charge in [0.1, 0.15) is 11.5 Å². The van der Waals surface area contributed by atoms with E-state index in [0.29, 0.717) is 5.92 Å². The molecule has 1 fully saturated rings. The van der Waals surface area contributed by atoms with Gasteiger partial charge in [0.05, 0.1) is 20.3 Å². The third kappa shape index (κ3) is 3.39. The van der Waals surface area contributed by atoms with Crippen LogP contribution in [0.1, 0.15) is 37.7 Å². The molecule has 0 unspecified atom stereocenters. The Kier molecular flexibility index (Phi) is 4.88. The standard InChI is InChI=1S/C15H22O3/c1-17-14-7-8-15(13(9-14)10-16)18-11-12-5-3-2-4-6-12/h7-9,12,16H,2-6,10-11H2,1H3. The molecule has 3 heteroatoms. The molecule has 2 rings (SSSR count). The molecule has 100 valence electrons. The molecule has 1 aliphatic carbocycles. The lowest BCUT2D eigenvalue weighted by atomic mass is 9.90. The van der Waals surface area contributed by atoms with Crippen LogP contribution >= 0.6 is 0 Å². The van der Waals surface area contributed by atoms with Crippen LogP contribution in [-0.4, -0.2) is 18.8 Å². The first-order chi connectivity index (χ1) is 8.83. The van der Waals surface area contributed by atoms with Gasteiger partial charge in [-0.1, -0.05) is 19.3 Å². The zero-order valence-electron chi connectivity index (χ0n) is 11.0. The fraction of sp³-hybridized carbons (Fsp3) is 0.600. The minimum atomic E-state index is -0.0167. The number of aliphatic hydroxyl groups is 1. The predicted molar refractivity (Wildman–Crippen MR) is 71.0 cm³/mol. The van der Waals surface area contributed by atoms with Gasteiger partial charge in [-0.3, -0.25) is 0 Å². The molecule has 0 heterocycles. The van der Waals surface area contributed by atoms with Crippen LogP contribution in [0, 0.1) is 5.92 Å². The van der Waals surface area contributed by atoms with Crippen LogP contribution in [-0.2, 0) is 6.61 Å². The molecule has 1 saturated carbocycles. The molecule has 1 N–H and O–H groups in total. The summed E-state index contributed by atoms with van der Waals surface area (Å²) < 4.78 is 11.0. The molecule has 0 radical (unpaired) electrons. The highest BCUT2D eigenvalue weighted by Crippen LogP contribution is 2.27. The zero-order valence-corrected chi connectivity index (χ0v) is 11.0. The van der Waals surface area contributed by atoms with Gasteiger partial charge in [-0.25, -0.2) is 0 Å². The largest absolute Gasteiger partial charge is 0.497 e. The third-order valence-electron chi connectivity index (χ3n) is 3.64. The number of aliphatic hydroxyl groups excluding tert-OH is 1. The maximum absolute atomic E-state index is 9.34. The molecule has 18 heavy (non-hydrogen) atoms. The quantitative estimate of drug-likeness (QED) is 0.872. The minimum absolute atomic E-state index is 0.0167. The van der Waals surface area contributed by atoms with Crippen molar-refractivity contribution in [2.75, 3.05) is 13.7 Å². The number of ether oxygens (including phenoxy) is 2. The van der Waals surface area contributed by atoms with Crippen molar-refractivity contribution in [3.8, 4) is 11.5 Å². The summed E-state index contributed by atoms with van der Waals surface area (Å²) in [6, 6.07) is 5.58. The molecule has 0 bridgehead atoms. The fourth-order valence-corrected chi connectivity index (χ4v) is 2.51.